The van der Waals surface area contributed by atoms with Crippen LogP contribution < -0.4 is 0 Å². The Morgan fingerprint density at radius 1 is 0.821 bits per heavy atom. The van der Waals surface area contributed by atoms with Gasteiger partial charge < -0.3 is 4.84 Å². The average Bonchev–Trinajstić information content (AvgIpc) is 2.72. The van der Waals surface area contributed by atoms with Crippen LogP contribution in [0.2, 0.25) is 0 Å². The Hall–Kier alpha value is -3.52. The molecule has 142 valence electrons. The molecule has 8 heteroatoms. The first-order valence-electron chi connectivity index (χ1n) is 8.23. The van der Waals surface area contributed by atoms with Crippen LogP contribution in [-0.4, -0.2) is 25.8 Å². The second-order valence-corrected chi connectivity index (χ2v) is 7.26. The number of hydrogen-bond acceptors (Lipinski definition) is 7. The van der Waals surface area contributed by atoms with Crippen molar-refractivity contribution in [3.05, 3.63) is 90.0 Å². The van der Waals surface area contributed by atoms with E-state index in [1.807, 2.05) is 6.07 Å². The number of aryl methyl sites for hydroxylation is 1. The molecule has 1 aliphatic carbocycles. The lowest BCUT2D eigenvalue weighted by atomic mass is 10.1. The van der Waals surface area contributed by atoms with E-state index in [1.54, 1.807) is 43.3 Å². The zero-order valence-corrected chi connectivity index (χ0v) is 15.7. The Morgan fingerprint density at radius 3 is 2.04 bits per heavy atom. The zero-order valence-electron chi connectivity index (χ0n) is 14.8. The predicted octanol–water partition coefficient (Wildman–Crippen LogP) is 3.40. The van der Waals surface area contributed by atoms with Gasteiger partial charge in [0.1, 0.15) is 16.3 Å². The summed E-state index contributed by atoms with van der Waals surface area (Å²) in [6.45, 7) is 1.80. The van der Waals surface area contributed by atoms with Gasteiger partial charge in [-0.15, -0.1) is 0 Å². The summed E-state index contributed by atoms with van der Waals surface area (Å²) in [6.07, 6.45) is 6.01. The molecule has 1 aliphatic rings. The monoisotopic (exact) mass is 396 g/mol. The van der Waals surface area contributed by atoms with Crippen molar-refractivity contribution in [2.24, 2.45) is 10.3 Å². The fourth-order valence-corrected chi connectivity index (χ4v) is 3.00. The maximum atomic E-state index is 12.0. The van der Waals surface area contributed by atoms with Crippen LogP contribution in [0.25, 0.3) is 0 Å². The molecule has 0 spiro atoms. The summed E-state index contributed by atoms with van der Waals surface area (Å²) in [5, 5.41) is 7.38. The van der Waals surface area contributed by atoms with Gasteiger partial charge >= 0.3 is 16.1 Å². The predicted molar refractivity (Wildman–Crippen MR) is 104 cm³/mol. The summed E-state index contributed by atoms with van der Waals surface area (Å²) in [5.74, 6) is -0.566. The second-order valence-electron chi connectivity index (χ2n) is 5.73. The van der Waals surface area contributed by atoms with Gasteiger partial charge in [-0.25, -0.2) is 4.79 Å². The highest BCUT2D eigenvalue weighted by atomic mass is 32.2. The van der Waals surface area contributed by atoms with Crippen LogP contribution in [-0.2, 0) is 19.2 Å². The Labute approximate surface area is 162 Å². The molecule has 0 aromatic heterocycles. The Kier molecular flexibility index (Phi) is 5.81. The van der Waals surface area contributed by atoms with Gasteiger partial charge in [-0.05, 0) is 55.0 Å². The summed E-state index contributed by atoms with van der Waals surface area (Å²) in [6, 6.07) is 14.7. The molecule has 0 unspecified atom stereocenters. The molecule has 0 saturated heterocycles. The molecule has 2 aromatic rings. The van der Waals surface area contributed by atoms with E-state index in [1.165, 1.54) is 36.4 Å². The number of nitrogens with zero attached hydrogens (tertiary/aromatic N) is 2. The molecule has 0 aliphatic heterocycles. The SMILES string of the molecule is Cc1ccccc1C(=O)ON=C1C=CC(=NOS(=O)(=O)c2ccccc2)C=C1. The van der Waals surface area contributed by atoms with Gasteiger partial charge in [-0.2, -0.15) is 8.42 Å². The Morgan fingerprint density at radius 2 is 1.39 bits per heavy atom. The smallest absolute Gasteiger partial charge is 0.312 e. The average molecular weight is 396 g/mol. The molecular formula is C20H16N2O5S. The molecular weight excluding hydrogens is 380 g/mol. The molecule has 0 amide bonds. The van der Waals surface area contributed by atoms with Crippen molar-refractivity contribution < 1.29 is 22.3 Å². The largest absolute Gasteiger partial charge is 0.366 e. The number of hydrogen-bond donors (Lipinski definition) is 0. The molecule has 0 bridgehead atoms. The first-order valence-corrected chi connectivity index (χ1v) is 9.64. The molecule has 0 radical (unpaired) electrons. The van der Waals surface area contributed by atoms with Crippen LogP contribution >= 0.6 is 0 Å². The van der Waals surface area contributed by atoms with E-state index in [0.717, 1.165) is 5.56 Å². The van der Waals surface area contributed by atoms with Gasteiger partial charge in [0.2, 0.25) is 0 Å². The number of oxime groups is 2. The van der Waals surface area contributed by atoms with Gasteiger partial charge in [0.05, 0.1) is 5.56 Å². The van der Waals surface area contributed by atoms with Crippen molar-refractivity contribution in [1.29, 1.82) is 0 Å². The van der Waals surface area contributed by atoms with E-state index in [2.05, 4.69) is 10.3 Å². The number of benzene rings is 2. The van der Waals surface area contributed by atoms with Gasteiger partial charge in [0.25, 0.3) is 0 Å². The summed E-state index contributed by atoms with van der Waals surface area (Å²) in [5.41, 5.74) is 1.85. The summed E-state index contributed by atoms with van der Waals surface area (Å²) >= 11 is 0. The minimum atomic E-state index is -3.98. The van der Waals surface area contributed by atoms with E-state index in [4.69, 9.17) is 9.12 Å². The fraction of sp³-hybridized carbons (Fsp3) is 0.0500. The van der Waals surface area contributed by atoms with Crippen molar-refractivity contribution in [1.82, 2.24) is 0 Å². The lowest BCUT2D eigenvalue weighted by Gasteiger charge is -2.04. The second kappa shape index (κ2) is 8.45. The molecule has 28 heavy (non-hydrogen) atoms. The first-order chi connectivity index (χ1) is 13.5. The maximum absolute atomic E-state index is 12.0. The summed E-state index contributed by atoms with van der Waals surface area (Å²) in [7, 11) is -3.98. The number of allylic oxidation sites excluding steroid dienone is 4. The molecule has 0 saturated carbocycles. The third kappa shape index (κ3) is 4.80. The third-order valence-corrected chi connectivity index (χ3v) is 4.84. The van der Waals surface area contributed by atoms with Gasteiger partial charge in [0, 0.05) is 0 Å². The first kappa shape index (κ1) is 19.2. The lowest BCUT2D eigenvalue weighted by Crippen LogP contribution is -2.07. The van der Waals surface area contributed by atoms with Crippen LogP contribution in [0.15, 0.2) is 94.1 Å². The maximum Gasteiger partial charge on any atom is 0.366 e. The Balaban J connectivity index is 1.62. The number of rotatable bonds is 5. The van der Waals surface area contributed by atoms with E-state index in [9.17, 15) is 13.2 Å². The highest BCUT2D eigenvalue weighted by Crippen LogP contribution is 2.13. The standard InChI is InChI=1S/C20H16N2O5S/c1-15-7-5-6-10-19(15)20(23)26-21-16-11-13-17(14-12-16)22-27-28(24,25)18-8-3-2-4-9-18/h2-14H,1H3. The fourth-order valence-electron chi connectivity index (χ4n) is 2.24. The summed E-state index contributed by atoms with van der Waals surface area (Å²) in [4.78, 5) is 17.0. The van der Waals surface area contributed by atoms with E-state index in [0.29, 0.717) is 11.3 Å². The molecule has 3 rings (SSSR count). The van der Waals surface area contributed by atoms with Crippen molar-refractivity contribution in [3.8, 4) is 0 Å². The highest BCUT2D eigenvalue weighted by Gasteiger charge is 2.15. The van der Waals surface area contributed by atoms with E-state index < -0.39 is 16.1 Å². The van der Waals surface area contributed by atoms with Crippen LogP contribution in [0, 0.1) is 6.92 Å². The highest BCUT2D eigenvalue weighted by molar-refractivity contribution is 7.86. The summed E-state index contributed by atoms with van der Waals surface area (Å²) < 4.78 is 28.7. The van der Waals surface area contributed by atoms with Crippen LogP contribution in [0.5, 0.6) is 0 Å². The van der Waals surface area contributed by atoms with E-state index in [-0.39, 0.29) is 10.6 Å². The quantitative estimate of drug-likeness (QED) is 0.439. The van der Waals surface area contributed by atoms with Gasteiger partial charge in [-0.3, -0.25) is 4.28 Å². The van der Waals surface area contributed by atoms with Gasteiger partial charge in [0.15, 0.2) is 0 Å². The minimum absolute atomic E-state index is 0.00786. The topological polar surface area (TPSA) is 94.4 Å². The van der Waals surface area contributed by atoms with Crippen molar-refractivity contribution in [2.45, 2.75) is 11.8 Å². The normalized spacial score (nSPS) is 13.2. The number of carbonyl (C=O) groups excluding carboxylic acids is 1. The molecule has 0 fully saturated rings. The van der Waals surface area contributed by atoms with Crippen molar-refractivity contribution in [3.63, 3.8) is 0 Å². The minimum Gasteiger partial charge on any atom is -0.312 e. The van der Waals surface area contributed by atoms with Crippen LogP contribution in [0.3, 0.4) is 0 Å². The number of carbonyl (C=O) groups is 1. The third-order valence-electron chi connectivity index (χ3n) is 3.72. The molecule has 0 heterocycles. The van der Waals surface area contributed by atoms with Crippen molar-refractivity contribution in [2.75, 3.05) is 0 Å². The van der Waals surface area contributed by atoms with Crippen molar-refractivity contribution >= 4 is 27.5 Å². The Bertz CT molecular complexity index is 1080. The van der Waals surface area contributed by atoms with E-state index >= 15 is 0 Å². The molecule has 0 atom stereocenters. The lowest BCUT2D eigenvalue weighted by molar-refractivity contribution is 0.0516. The van der Waals surface area contributed by atoms with Gasteiger partial charge in [-0.1, -0.05) is 46.7 Å². The van der Waals surface area contributed by atoms with Crippen LogP contribution in [0.4, 0.5) is 0 Å². The molecule has 0 N–H and O–H groups in total. The molecule has 2 aromatic carbocycles. The zero-order chi connectivity index (χ0) is 20.0. The van der Waals surface area contributed by atoms with Crippen LogP contribution in [0.1, 0.15) is 15.9 Å². The molecule has 7 nitrogen and oxygen atoms in total.